The maximum Gasteiger partial charge on any atom is 0.161 e. The summed E-state index contributed by atoms with van der Waals surface area (Å²) in [4.78, 5) is 23.7. The number of Topliss-reactive ketones (excluding diaryl/α,β-unsaturated/α-hetero) is 2. The number of carbonyl (C=O) groups excluding carboxylic acids is 2. The molecule has 0 amide bonds. The van der Waals surface area contributed by atoms with E-state index in [9.17, 15) is 28.6 Å². The number of aromatic nitrogens is 8. The maximum atomic E-state index is 14.6. The first kappa shape index (κ1) is 91.9. The number of aryl methyl sites for hydroxylation is 2. The molecule has 3 fully saturated rings. The van der Waals surface area contributed by atoms with Crippen molar-refractivity contribution in [2.75, 3.05) is 26.4 Å². The van der Waals surface area contributed by atoms with E-state index in [4.69, 9.17) is 57.6 Å². The number of carbonyl (C=O) groups is 2. The first-order valence-corrected chi connectivity index (χ1v) is 42.4. The fraction of sp³-hybridized carbons (Fsp3) is 0.347. The molecule has 8 aromatic carbocycles. The van der Waals surface area contributed by atoms with Crippen molar-refractivity contribution < 1.29 is 76.0 Å². The van der Waals surface area contributed by atoms with E-state index < -0.39 is 22.4 Å². The lowest BCUT2D eigenvalue weighted by Gasteiger charge is -2.26. The van der Waals surface area contributed by atoms with Crippen molar-refractivity contribution in [3.8, 4) is 96.5 Å². The molecule has 1 aliphatic heterocycles. The average molecular weight is 1700 g/mol. The van der Waals surface area contributed by atoms with Crippen LogP contribution in [0.15, 0.2) is 237 Å². The van der Waals surface area contributed by atoms with Crippen molar-refractivity contribution in [1.29, 1.82) is 0 Å². The van der Waals surface area contributed by atoms with Gasteiger partial charge in [-0.3, -0.25) is 9.59 Å². The number of hydrogen-bond acceptors (Lipinski definition) is 18. The third-order valence-electron chi connectivity index (χ3n) is 22.1. The Hall–Kier alpha value is -12.3. The quantitative estimate of drug-likeness (QED) is 0.0356. The van der Waals surface area contributed by atoms with Crippen molar-refractivity contribution in [2.24, 2.45) is 0 Å². The number of para-hydroxylation sites is 4. The molecule has 4 aromatic heterocycles. The summed E-state index contributed by atoms with van der Waals surface area (Å²) in [6.45, 7) is 35.2. The highest BCUT2D eigenvalue weighted by Crippen LogP contribution is 2.38. The molecule has 0 radical (unpaired) electrons. The first-order chi connectivity index (χ1) is 59.7. The van der Waals surface area contributed by atoms with E-state index in [-0.39, 0.29) is 73.4 Å². The van der Waals surface area contributed by atoms with Crippen LogP contribution in [-0.2, 0) is 59.7 Å². The summed E-state index contributed by atoms with van der Waals surface area (Å²) >= 11 is 0. The Bertz CT molecular complexity index is 5290. The van der Waals surface area contributed by atoms with E-state index >= 15 is 0 Å². The second-order valence-corrected chi connectivity index (χ2v) is 33.2. The third-order valence-corrected chi connectivity index (χ3v) is 22.1. The molecule has 0 spiro atoms. The number of hydrogen-bond donors (Lipinski definition) is 2. The minimum Gasteiger partial charge on any atom is -0.510 e. The third kappa shape index (κ3) is 23.8. The van der Waals surface area contributed by atoms with Crippen LogP contribution in [0.2, 0.25) is 0 Å². The van der Waals surface area contributed by atoms with E-state index in [0.29, 0.717) is 66.7 Å². The Labute approximate surface area is 730 Å². The van der Waals surface area contributed by atoms with Gasteiger partial charge in [0.1, 0.15) is 91.8 Å². The predicted octanol–water partition coefficient (Wildman–Crippen LogP) is 22.0. The van der Waals surface area contributed by atoms with Crippen molar-refractivity contribution in [3.05, 3.63) is 283 Å². The normalized spacial score (nSPS) is 13.6. The molecule has 5 heterocycles. The lowest BCUT2D eigenvalue weighted by Crippen LogP contribution is -2.38. The number of nitrogens with zero attached hydrogens (tertiary/aromatic N) is 8. The average Bonchev–Trinajstić information content (AvgIpc) is 1.67. The minimum absolute atomic E-state index is 0.00750. The summed E-state index contributed by atoms with van der Waals surface area (Å²) in [5.41, 5.74) is 11.0. The molecule has 0 unspecified atom stereocenters. The maximum absolute atomic E-state index is 14.6. The zero-order valence-corrected chi connectivity index (χ0v) is 73.9. The van der Waals surface area contributed by atoms with Gasteiger partial charge in [-0.05, 0) is 256 Å². The number of rotatable bonds is 34. The molecule has 0 bridgehead atoms. The summed E-state index contributed by atoms with van der Waals surface area (Å²) in [5, 5.41) is 38.3. The van der Waals surface area contributed by atoms with E-state index in [2.05, 4.69) is 67.5 Å². The number of halogens is 2. The van der Waals surface area contributed by atoms with Crippen LogP contribution in [0, 0.1) is 25.5 Å². The standard InChI is InChI=1S/C26H32N2O4.C26H30N2O3.C25H27FN2O3.C24H25FN2O4/c1-7-30-22-13-20(14-23(16-22)31-8-2)25-15-21(17-32-26(5,6)19(4)29)27-28(25)24-12-10-9-11-18(24)3;1-18-9-5-6-14-24(18)28-25(16-21(27-28)17-30-26(3,4)19(2)29)20-10-7-13-23(15-20)31-22-11-8-12-22;1-17(29)25(2,3)30-16-19-15-24(28(27-19)23-13-5-4-12-22(23)26)18-8-6-11-21(14-18)31-20-9-7-10-20;1-16(28)24(2,3)30-13-18-12-23(27(26-18)22-10-5-4-9-21(22)25)17-7-6-8-19(11-17)31-20-14-29-15-20/h9-16H,7-8,17H2,1-6H3;5-7,9-10,13-16,22H,8,11-12,17H2,1-4H3;4-6,8,11-15,20,29H,1,7,9-10,16H2,2-3H3;4-12,20,28H,1,13-15H2,2-3H3. The van der Waals surface area contributed by atoms with Crippen LogP contribution in [-0.4, -0.2) is 128 Å². The summed E-state index contributed by atoms with van der Waals surface area (Å²) in [6.07, 6.45) is 7.48. The van der Waals surface area contributed by atoms with E-state index in [1.807, 2.05) is 157 Å². The van der Waals surface area contributed by atoms with Gasteiger partial charge in [0.25, 0.3) is 0 Å². The molecule has 2 saturated carbocycles. The molecule has 2 N–H and O–H groups in total. The molecule has 0 atom stereocenters. The summed E-state index contributed by atoms with van der Waals surface area (Å²) in [7, 11) is 0. The molecule has 24 heteroatoms. The second kappa shape index (κ2) is 41.0. The SMILES string of the molecule is C=C(O)C(C)(C)OCc1cc(-c2cccc(OC3CCC3)c2)n(-c2ccccc2F)n1.C=C(O)C(C)(C)OCc1cc(-c2cccc(OC3COC3)c2)n(-c2ccccc2F)n1.CC(=O)C(C)(C)OCc1cc(-c2cccc(OC3CCC3)c2)n(-c2ccccc2C)n1.CCOc1cc(OCC)cc(-c2cc(COC(C)(C)C(C)=O)nn2-c2ccccc2C)c1. The van der Waals surface area contributed by atoms with Gasteiger partial charge in [-0.25, -0.2) is 27.5 Å². The molecule has 656 valence electrons. The van der Waals surface area contributed by atoms with Crippen molar-refractivity contribution >= 4 is 11.6 Å². The van der Waals surface area contributed by atoms with Gasteiger partial charge in [-0.1, -0.05) is 110 Å². The highest BCUT2D eigenvalue weighted by molar-refractivity contribution is 5.84. The van der Waals surface area contributed by atoms with Crippen LogP contribution in [0.25, 0.3) is 67.8 Å². The van der Waals surface area contributed by atoms with Gasteiger partial charge in [0.05, 0.1) is 122 Å². The van der Waals surface area contributed by atoms with Gasteiger partial charge in [-0.2, -0.15) is 20.4 Å². The predicted molar refractivity (Wildman–Crippen MR) is 480 cm³/mol. The Morgan fingerprint density at radius 1 is 0.392 bits per heavy atom. The number of ketones is 2. The van der Waals surface area contributed by atoms with Gasteiger partial charge >= 0.3 is 0 Å². The molecular weight excluding hydrogens is 1590 g/mol. The molecule has 1 saturated heterocycles. The van der Waals surface area contributed by atoms with Crippen molar-refractivity contribution in [3.63, 3.8) is 0 Å². The molecular formula is C101H114F2N8O14. The van der Waals surface area contributed by atoms with Gasteiger partial charge in [0.2, 0.25) is 0 Å². The van der Waals surface area contributed by atoms with Gasteiger partial charge in [0, 0.05) is 28.3 Å². The summed E-state index contributed by atoms with van der Waals surface area (Å²) < 4.78 is 94.4. The molecule has 15 rings (SSSR count). The fourth-order valence-corrected chi connectivity index (χ4v) is 13.0. The summed E-state index contributed by atoms with van der Waals surface area (Å²) in [6, 6.07) is 66.4. The Morgan fingerprint density at radius 3 is 0.976 bits per heavy atom. The van der Waals surface area contributed by atoms with Crippen LogP contribution in [0.3, 0.4) is 0 Å². The van der Waals surface area contributed by atoms with E-state index in [0.717, 1.165) is 122 Å². The fourth-order valence-electron chi connectivity index (χ4n) is 13.0. The molecule has 12 aromatic rings. The van der Waals surface area contributed by atoms with E-state index in [1.165, 1.54) is 31.9 Å². The number of aliphatic hydroxyl groups is 2. The number of ether oxygens (including phenoxy) is 10. The monoisotopic (exact) mass is 1700 g/mol. The topological polar surface area (TPSA) is 238 Å². The highest BCUT2D eigenvalue weighted by Gasteiger charge is 2.31. The zero-order chi connectivity index (χ0) is 89.3. The number of aliphatic hydroxyl groups excluding tert-OH is 2. The van der Waals surface area contributed by atoms with Crippen LogP contribution >= 0.6 is 0 Å². The molecule has 2 aliphatic carbocycles. The van der Waals surface area contributed by atoms with Crippen molar-refractivity contribution in [1.82, 2.24) is 39.1 Å². The Morgan fingerprint density at radius 2 is 0.688 bits per heavy atom. The number of benzene rings is 8. The Balaban J connectivity index is 0.000000152. The Kier molecular flexibility index (Phi) is 30.1. The van der Waals surface area contributed by atoms with Crippen molar-refractivity contribution in [2.45, 2.75) is 203 Å². The van der Waals surface area contributed by atoms with Crippen LogP contribution in [0.1, 0.15) is 156 Å². The lowest BCUT2D eigenvalue weighted by molar-refractivity contribution is -0.140. The zero-order valence-electron chi connectivity index (χ0n) is 73.9. The van der Waals surface area contributed by atoms with Crippen LogP contribution in [0.5, 0.6) is 28.7 Å². The highest BCUT2D eigenvalue weighted by atomic mass is 19.1. The first-order valence-electron chi connectivity index (χ1n) is 42.4. The van der Waals surface area contributed by atoms with Crippen LogP contribution in [0.4, 0.5) is 8.78 Å². The van der Waals surface area contributed by atoms with E-state index in [1.54, 1.807) is 108 Å². The van der Waals surface area contributed by atoms with Crippen LogP contribution < -0.4 is 23.7 Å². The van der Waals surface area contributed by atoms with Gasteiger partial charge in [0.15, 0.2) is 11.6 Å². The minimum atomic E-state index is -0.930. The van der Waals surface area contributed by atoms with Gasteiger partial charge in [-0.15, -0.1) is 0 Å². The molecule has 3 aliphatic rings. The lowest BCUT2D eigenvalue weighted by atomic mass is 9.96. The molecule has 22 nitrogen and oxygen atoms in total. The molecule has 125 heavy (non-hydrogen) atoms. The smallest absolute Gasteiger partial charge is 0.161 e. The largest absolute Gasteiger partial charge is 0.510 e. The van der Waals surface area contributed by atoms with Gasteiger partial charge < -0.3 is 57.6 Å². The summed E-state index contributed by atoms with van der Waals surface area (Å²) in [5.74, 6) is 2.93. The second-order valence-electron chi connectivity index (χ2n) is 33.2.